The lowest BCUT2D eigenvalue weighted by molar-refractivity contribution is -0.384. The van der Waals surface area contributed by atoms with Crippen molar-refractivity contribution in [3.63, 3.8) is 0 Å². The maximum atomic E-state index is 13.1. The van der Waals surface area contributed by atoms with E-state index in [1.807, 2.05) is 0 Å². The number of hydrogen-bond donors (Lipinski definition) is 0. The number of ether oxygens (including phenoxy) is 2. The highest BCUT2D eigenvalue weighted by Gasteiger charge is 2.51. The molecule has 0 saturated heterocycles. The molecule has 0 aliphatic carbocycles. The molecule has 1 aromatic rings. The number of hydrogen-bond acceptors (Lipinski definition) is 8. The van der Waals surface area contributed by atoms with E-state index in [4.69, 9.17) is 9.47 Å². The van der Waals surface area contributed by atoms with E-state index in [1.165, 1.54) is 18.2 Å². The second kappa shape index (κ2) is 10.1. The third-order valence-electron chi connectivity index (χ3n) is 4.48. The summed E-state index contributed by atoms with van der Waals surface area (Å²) in [5, 5.41) is 11.2. The fourth-order valence-electron chi connectivity index (χ4n) is 3.02. The zero-order chi connectivity index (χ0) is 23.2. The van der Waals surface area contributed by atoms with Crippen molar-refractivity contribution in [1.82, 2.24) is 0 Å². The molecule has 1 aromatic carbocycles. The molecule has 0 radical (unpaired) electrons. The van der Waals surface area contributed by atoms with E-state index in [2.05, 4.69) is 0 Å². The van der Waals surface area contributed by atoms with Gasteiger partial charge >= 0.3 is 11.9 Å². The Morgan fingerprint density at radius 1 is 1.03 bits per heavy atom. The predicted molar refractivity (Wildman–Crippen MR) is 107 cm³/mol. The van der Waals surface area contributed by atoms with Crippen molar-refractivity contribution in [3.05, 3.63) is 39.9 Å². The minimum Gasteiger partial charge on any atom is -0.462 e. The summed E-state index contributed by atoms with van der Waals surface area (Å²) in [6.07, 6.45) is -1.68. The normalized spacial score (nSPS) is 14.0. The van der Waals surface area contributed by atoms with Gasteiger partial charge in [0, 0.05) is 12.1 Å². The fourth-order valence-corrected chi connectivity index (χ4v) is 3.02. The van der Waals surface area contributed by atoms with Gasteiger partial charge in [-0.15, -0.1) is 0 Å². The van der Waals surface area contributed by atoms with E-state index in [0.29, 0.717) is 0 Å². The van der Waals surface area contributed by atoms with Gasteiger partial charge in [0.15, 0.2) is 11.2 Å². The summed E-state index contributed by atoms with van der Waals surface area (Å²) >= 11 is 0. The third-order valence-corrected chi connectivity index (χ3v) is 4.48. The van der Waals surface area contributed by atoms with E-state index < -0.39 is 58.4 Å². The van der Waals surface area contributed by atoms with Crippen molar-refractivity contribution in [2.75, 3.05) is 0 Å². The summed E-state index contributed by atoms with van der Waals surface area (Å²) in [6.45, 7) is 8.61. The number of Topliss-reactive ketones (excluding diaryl/α,β-unsaturated/α-hetero) is 2. The molecule has 30 heavy (non-hydrogen) atoms. The largest absolute Gasteiger partial charge is 0.462 e. The summed E-state index contributed by atoms with van der Waals surface area (Å²) in [4.78, 5) is 61.3. The SMILES string of the molecule is CC(=O)[C@@H](C[C@@](C(C)=O)(C(=O)OC(C)C)c1cccc([N+](=O)[O-])c1)C(=O)OC(C)C. The lowest BCUT2D eigenvalue weighted by atomic mass is 9.70. The molecule has 2 atom stereocenters. The Balaban J connectivity index is 3.70. The number of nitro groups is 1. The monoisotopic (exact) mass is 421 g/mol. The summed E-state index contributed by atoms with van der Waals surface area (Å²) in [5.41, 5.74) is -2.47. The first-order valence-electron chi connectivity index (χ1n) is 9.50. The van der Waals surface area contributed by atoms with Crippen LogP contribution in [0.15, 0.2) is 24.3 Å². The van der Waals surface area contributed by atoms with Gasteiger partial charge in [-0.05, 0) is 53.5 Å². The first-order valence-corrected chi connectivity index (χ1v) is 9.50. The molecule has 9 nitrogen and oxygen atoms in total. The van der Waals surface area contributed by atoms with Crippen molar-refractivity contribution < 1.29 is 33.6 Å². The third kappa shape index (κ3) is 5.71. The highest BCUT2D eigenvalue weighted by molar-refractivity contribution is 6.10. The molecule has 164 valence electrons. The van der Waals surface area contributed by atoms with Gasteiger partial charge in [-0.3, -0.25) is 29.3 Å². The molecule has 0 spiro atoms. The highest BCUT2D eigenvalue weighted by atomic mass is 16.6. The van der Waals surface area contributed by atoms with Crippen LogP contribution in [-0.2, 0) is 34.1 Å². The van der Waals surface area contributed by atoms with E-state index in [1.54, 1.807) is 27.7 Å². The van der Waals surface area contributed by atoms with Gasteiger partial charge in [0.05, 0.1) is 17.1 Å². The van der Waals surface area contributed by atoms with E-state index in [9.17, 15) is 29.3 Å². The van der Waals surface area contributed by atoms with Crippen LogP contribution in [0.5, 0.6) is 0 Å². The summed E-state index contributed by atoms with van der Waals surface area (Å²) in [7, 11) is 0. The van der Waals surface area contributed by atoms with Crippen molar-refractivity contribution in [2.24, 2.45) is 5.92 Å². The lowest BCUT2D eigenvalue weighted by Gasteiger charge is -2.32. The van der Waals surface area contributed by atoms with Crippen LogP contribution >= 0.6 is 0 Å². The van der Waals surface area contributed by atoms with Gasteiger partial charge in [0.25, 0.3) is 5.69 Å². The van der Waals surface area contributed by atoms with Crippen LogP contribution in [0.25, 0.3) is 0 Å². The molecule has 0 heterocycles. The first-order chi connectivity index (χ1) is 13.8. The average molecular weight is 421 g/mol. The zero-order valence-electron chi connectivity index (χ0n) is 18.0. The molecule has 0 N–H and O–H groups in total. The molecule has 0 bridgehead atoms. The maximum absolute atomic E-state index is 13.1. The summed E-state index contributed by atoms with van der Waals surface area (Å²) in [5.74, 6) is -4.62. The molecule has 0 aliphatic heterocycles. The Labute approximate surface area is 174 Å². The smallest absolute Gasteiger partial charge is 0.324 e. The van der Waals surface area contributed by atoms with Crippen LogP contribution in [0.3, 0.4) is 0 Å². The topological polar surface area (TPSA) is 130 Å². The number of rotatable bonds is 10. The van der Waals surface area contributed by atoms with E-state index >= 15 is 0 Å². The quantitative estimate of drug-likeness (QED) is 0.244. The van der Waals surface area contributed by atoms with Crippen LogP contribution in [-0.4, -0.2) is 40.6 Å². The number of esters is 2. The van der Waals surface area contributed by atoms with Gasteiger partial charge in [-0.1, -0.05) is 12.1 Å². The van der Waals surface area contributed by atoms with E-state index in [-0.39, 0.29) is 11.3 Å². The number of nitrogens with zero attached hydrogens (tertiary/aromatic N) is 1. The Kier molecular flexibility index (Phi) is 8.38. The van der Waals surface area contributed by atoms with Crippen LogP contribution in [0, 0.1) is 16.0 Å². The van der Waals surface area contributed by atoms with E-state index in [0.717, 1.165) is 19.9 Å². The second-order valence-corrected chi connectivity index (χ2v) is 7.58. The van der Waals surface area contributed by atoms with Gasteiger partial charge < -0.3 is 9.47 Å². The van der Waals surface area contributed by atoms with Crippen molar-refractivity contribution in [1.29, 1.82) is 0 Å². The number of carbonyl (C=O) groups is 4. The van der Waals surface area contributed by atoms with Crippen LogP contribution in [0.1, 0.15) is 53.5 Å². The standard InChI is InChI=1S/C21H27NO8/c1-12(2)29-19(25)18(14(5)23)11-21(15(6)24,20(26)30-13(3)4)16-8-7-9-17(10-16)22(27)28/h7-10,12-13,18H,11H2,1-6H3/t18-,21+/m1/s1. The maximum Gasteiger partial charge on any atom is 0.324 e. The molecular weight excluding hydrogens is 394 g/mol. The first kappa shape index (κ1) is 24.9. The van der Waals surface area contributed by atoms with Crippen molar-refractivity contribution in [3.8, 4) is 0 Å². The number of non-ortho nitro benzene ring substituents is 1. The molecule has 0 aromatic heterocycles. The average Bonchev–Trinajstić information content (AvgIpc) is 2.60. The minimum absolute atomic E-state index is 0.0292. The van der Waals surface area contributed by atoms with Gasteiger partial charge in [-0.2, -0.15) is 0 Å². The van der Waals surface area contributed by atoms with Crippen LogP contribution < -0.4 is 0 Å². The van der Waals surface area contributed by atoms with Crippen LogP contribution in [0.4, 0.5) is 5.69 Å². The van der Waals surface area contributed by atoms with Crippen LogP contribution in [0.2, 0.25) is 0 Å². The molecule has 1 rings (SSSR count). The van der Waals surface area contributed by atoms with Crippen molar-refractivity contribution in [2.45, 2.75) is 65.6 Å². The Hall–Kier alpha value is -3.10. The molecule has 9 heteroatoms. The number of benzene rings is 1. The number of nitro benzene ring substituents is 1. The highest BCUT2D eigenvalue weighted by Crippen LogP contribution is 2.37. The number of ketones is 2. The van der Waals surface area contributed by atoms with Gasteiger partial charge in [0.1, 0.15) is 11.7 Å². The Morgan fingerprint density at radius 3 is 2.03 bits per heavy atom. The fraction of sp³-hybridized carbons (Fsp3) is 0.524. The second-order valence-electron chi connectivity index (χ2n) is 7.58. The Bertz CT molecular complexity index is 845. The molecule has 0 unspecified atom stereocenters. The molecule has 0 amide bonds. The molecule has 0 fully saturated rings. The molecular formula is C21H27NO8. The minimum atomic E-state index is -2.09. The Morgan fingerprint density at radius 2 is 1.60 bits per heavy atom. The predicted octanol–water partition coefficient (Wildman–Crippen LogP) is 2.92. The summed E-state index contributed by atoms with van der Waals surface area (Å²) in [6, 6.07) is 4.97. The molecule has 0 saturated carbocycles. The van der Waals surface area contributed by atoms with Crippen molar-refractivity contribution >= 4 is 29.2 Å². The van der Waals surface area contributed by atoms with Gasteiger partial charge in [-0.25, -0.2) is 0 Å². The molecule has 0 aliphatic rings. The zero-order valence-corrected chi connectivity index (χ0v) is 18.0. The van der Waals surface area contributed by atoms with Gasteiger partial charge in [0.2, 0.25) is 0 Å². The lowest BCUT2D eigenvalue weighted by Crippen LogP contribution is -2.48. The summed E-state index contributed by atoms with van der Waals surface area (Å²) < 4.78 is 10.4. The number of carbonyl (C=O) groups excluding carboxylic acids is 4.